The van der Waals surface area contributed by atoms with Crippen LogP contribution in [-0.2, 0) is 0 Å². The average Bonchev–Trinajstić information content (AvgIpc) is 3.19. The van der Waals surface area contributed by atoms with Crippen molar-refractivity contribution in [2.75, 3.05) is 4.90 Å². The van der Waals surface area contributed by atoms with Gasteiger partial charge in [0.15, 0.2) is 0 Å². The van der Waals surface area contributed by atoms with Crippen LogP contribution in [0.4, 0.5) is 16.4 Å². The lowest BCUT2D eigenvalue weighted by Gasteiger charge is -2.23. The van der Waals surface area contributed by atoms with Crippen molar-refractivity contribution in [2.45, 2.75) is 0 Å². The van der Waals surface area contributed by atoms with Crippen LogP contribution in [0.5, 0.6) is 0 Å². The molecule has 3 heteroatoms. The van der Waals surface area contributed by atoms with Crippen LogP contribution >= 0.6 is 27.3 Å². The van der Waals surface area contributed by atoms with E-state index in [9.17, 15) is 0 Å². The molecule has 0 unspecified atom stereocenters. The third-order valence-electron chi connectivity index (χ3n) is 3.71. The summed E-state index contributed by atoms with van der Waals surface area (Å²) in [4.78, 5) is 2.11. The van der Waals surface area contributed by atoms with Crippen LogP contribution in [0.15, 0.2) is 101 Å². The topological polar surface area (TPSA) is 3.24 Å². The first-order valence-corrected chi connectivity index (χ1v) is 9.27. The van der Waals surface area contributed by atoms with Gasteiger partial charge in [-0.1, -0.05) is 60.5 Å². The van der Waals surface area contributed by atoms with Crippen molar-refractivity contribution in [3.63, 3.8) is 0 Å². The quantitative estimate of drug-likeness (QED) is 0.333. The Morgan fingerprint density at radius 3 is 2.04 bits per heavy atom. The highest BCUT2D eigenvalue weighted by Crippen LogP contribution is 2.40. The van der Waals surface area contributed by atoms with Crippen molar-refractivity contribution in [1.29, 1.82) is 0 Å². The normalized spacial score (nSPS) is 13.4. The maximum Gasteiger partial charge on any atom is 0.101 e. The Labute approximate surface area is 167 Å². The third-order valence-corrected chi connectivity index (χ3v) is 5.32. The minimum atomic E-state index is -0.385. The van der Waals surface area contributed by atoms with Gasteiger partial charge < -0.3 is 4.90 Å². The minimum Gasteiger partial charge on any atom is -0.302 e. The molecule has 0 radical (unpaired) electrons. The SMILES string of the molecule is [2H]c1c([2H])c([2H])c(-c2ccc(N(c3ccccc3)c3ccc(Br)s3)cc2)c([2H])c1[2H]. The lowest BCUT2D eigenvalue weighted by molar-refractivity contribution is 1.32. The van der Waals surface area contributed by atoms with Gasteiger partial charge in [-0.25, -0.2) is 0 Å². The van der Waals surface area contributed by atoms with Crippen molar-refractivity contribution >= 4 is 43.6 Å². The maximum atomic E-state index is 8.20. The molecular formula is C22H16BrNS. The molecule has 3 aromatic carbocycles. The molecule has 0 amide bonds. The van der Waals surface area contributed by atoms with Crippen LogP contribution in [0.3, 0.4) is 0 Å². The van der Waals surface area contributed by atoms with Gasteiger partial charge in [0.25, 0.3) is 0 Å². The number of para-hydroxylation sites is 1. The van der Waals surface area contributed by atoms with E-state index in [0.29, 0.717) is 5.56 Å². The molecule has 0 N–H and O–H groups in total. The van der Waals surface area contributed by atoms with Crippen LogP contribution < -0.4 is 4.90 Å². The average molecular weight is 411 g/mol. The molecule has 0 fully saturated rings. The summed E-state index contributed by atoms with van der Waals surface area (Å²) >= 11 is 5.13. The fraction of sp³-hybridized carbons (Fsp3) is 0. The summed E-state index contributed by atoms with van der Waals surface area (Å²) in [6.07, 6.45) is 0. The summed E-state index contributed by atoms with van der Waals surface area (Å²) in [7, 11) is 0. The zero-order valence-corrected chi connectivity index (χ0v) is 15.5. The molecule has 0 bridgehead atoms. The molecule has 0 spiro atoms. The van der Waals surface area contributed by atoms with E-state index in [4.69, 9.17) is 6.85 Å². The van der Waals surface area contributed by atoms with Gasteiger partial charge in [-0.15, -0.1) is 11.3 Å². The number of nitrogens with zero attached hydrogens (tertiary/aromatic N) is 1. The Balaban J connectivity index is 1.81. The maximum absolute atomic E-state index is 8.20. The van der Waals surface area contributed by atoms with E-state index in [1.54, 1.807) is 23.5 Å². The first-order chi connectivity index (χ1) is 14.4. The van der Waals surface area contributed by atoms with Gasteiger partial charge in [-0.3, -0.25) is 0 Å². The number of thiophene rings is 1. The Kier molecular flexibility index (Phi) is 3.28. The van der Waals surface area contributed by atoms with Gasteiger partial charge in [0.2, 0.25) is 0 Å². The van der Waals surface area contributed by atoms with Gasteiger partial charge in [0, 0.05) is 11.4 Å². The summed E-state index contributed by atoms with van der Waals surface area (Å²) in [5.74, 6) is 0. The number of hydrogen-bond acceptors (Lipinski definition) is 2. The highest BCUT2D eigenvalue weighted by atomic mass is 79.9. The number of benzene rings is 3. The molecule has 0 saturated carbocycles. The Hall–Kier alpha value is -2.36. The Morgan fingerprint density at radius 2 is 1.40 bits per heavy atom. The molecule has 25 heavy (non-hydrogen) atoms. The van der Waals surface area contributed by atoms with Crippen molar-refractivity contribution < 1.29 is 6.85 Å². The Morgan fingerprint density at radius 1 is 0.720 bits per heavy atom. The van der Waals surface area contributed by atoms with Gasteiger partial charge >= 0.3 is 0 Å². The van der Waals surface area contributed by atoms with E-state index in [1.165, 1.54) is 0 Å². The van der Waals surface area contributed by atoms with Gasteiger partial charge in [-0.2, -0.15) is 0 Å². The second kappa shape index (κ2) is 7.26. The van der Waals surface area contributed by atoms with Crippen molar-refractivity contribution in [2.24, 2.45) is 0 Å². The van der Waals surface area contributed by atoms with E-state index in [1.807, 2.05) is 54.6 Å². The highest BCUT2D eigenvalue weighted by molar-refractivity contribution is 9.11. The zero-order valence-electron chi connectivity index (χ0n) is 18.1. The third kappa shape index (κ3) is 3.53. The molecule has 0 aliphatic rings. The number of rotatable bonds is 4. The molecule has 0 atom stereocenters. The number of hydrogen-bond donors (Lipinski definition) is 0. The molecular weight excluding hydrogens is 390 g/mol. The molecule has 4 rings (SSSR count). The van der Waals surface area contributed by atoms with Crippen LogP contribution in [0, 0.1) is 0 Å². The van der Waals surface area contributed by atoms with Gasteiger partial charge in [0.05, 0.1) is 10.6 Å². The fourth-order valence-corrected chi connectivity index (χ4v) is 3.98. The summed E-state index contributed by atoms with van der Waals surface area (Å²) in [6, 6.07) is 19.9. The second-order valence-corrected chi connectivity index (χ2v) is 7.74. The molecule has 0 aliphatic heterocycles. The number of anilines is 3. The smallest absolute Gasteiger partial charge is 0.101 e. The van der Waals surface area contributed by atoms with E-state index in [0.717, 1.165) is 20.2 Å². The summed E-state index contributed by atoms with van der Waals surface area (Å²) in [5.41, 5.74) is 2.70. The van der Waals surface area contributed by atoms with E-state index >= 15 is 0 Å². The van der Waals surface area contributed by atoms with Crippen molar-refractivity contribution in [1.82, 2.24) is 0 Å². The standard InChI is InChI=1S/C22H16BrNS/c23-21-15-16-22(25-21)24(19-9-5-2-6-10-19)20-13-11-18(12-14-20)17-7-3-1-4-8-17/h1-16H/i1D,3D,4D,7D,8D. The first kappa shape index (κ1) is 11.3. The number of halogens is 1. The molecule has 0 saturated heterocycles. The molecule has 1 aromatic heterocycles. The molecule has 1 nitrogen and oxygen atoms in total. The highest BCUT2D eigenvalue weighted by Gasteiger charge is 2.14. The monoisotopic (exact) mass is 410 g/mol. The summed E-state index contributed by atoms with van der Waals surface area (Å²) in [5, 5.41) is 1.03. The largest absolute Gasteiger partial charge is 0.302 e. The van der Waals surface area contributed by atoms with Crippen molar-refractivity contribution in [3.8, 4) is 11.1 Å². The lowest BCUT2D eigenvalue weighted by Crippen LogP contribution is -2.07. The summed E-state index contributed by atoms with van der Waals surface area (Å²) in [6.45, 7) is 0. The fourth-order valence-electron chi connectivity index (χ4n) is 2.58. The van der Waals surface area contributed by atoms with Crippen LogP contribution in [0.25, 0.3) is 11.1 Å². The molecule has 0 aliphatic carbocycles. The molecule has 1 heterocycles. The van der Waals surface area contributed by atoms with E-state index in [-0.39, 0.29) is 35.8 Å². The molecule has 122 valence electrons. The van der Waals surface area contributed by atoms with E-state index in [2.05, 4.69) is 20.8 Å². The van der Waals surface area contributed by atoms with Crippen LogP contribution in [0.2, 0.25) is 0 Å². The zero-order chi connectivity index (χ0) is 21.4. The van der Waals surface area contributed by atoms with Crippen LogP contribution in [-0.4, -0.2) is 0 Å². The molecule has 4 aromatic rings. The summed E-state index contributed by atoms with van der Waals surface area (Å²) < 4.78 is 41.0. The van der Waals surface area contributed by atoms with Gasteiger partial charge in [-0.05, 0) is 63.5 Å². The predicted octanol–water partition coefficient (Wildman–Crippen LogP) is 7.65. The second-order valence-electron chi connectivity index (χ2n) is 5.30. The van der Waals surface area contributed by atoms with Gasteiger partial charge in [0.1, 0.15) is 5.00 Å². The lowest BCUT2D eigenvalue weighted by atomic mass is 10.1. The Bertz CT molecular complexity index is 1180. The first-order valence-electron chi connectivity index (χ1n) is 10.2. The van der Waals surface area contributed by atoms with E-state index < -0.39 is 0 Å². The van der Waals surface area contributed by atoms with Crippen molar-refractivity contribution in [3.05, 3.63) is 101 Å². The van der Waals surface area contributed by atoms with Crippen LogP contribution in [0.1, 0.15) is 6.85 Å². The minimum absolute atomic E-state index is 0.198. The predicted molar refractivity (Wildman–Crippen MR) is 112 cm³/mol.